The maximum absolute atomic E-state index is 9.34. The fraction of sp³-hybridized carbons (Fsp3) is 0.250. The van der Waals surface area contributed by atoms with Gasteiger partial charge in [0, 0.05) is 16.6 Å². The van der Waals surface area contributed by atoms with Gasteiger partial charge in [0.1, 0.15) is 0 Å². The minimum Gasteiger partial charge on any atom is -0.504 e. The molecule has 0 fully saturated rings. The van der Waals surface area contributed by atoms with Gasteiger partial charge in [0.2, 0.25) is 0 Å². The van der Waals surface area contributed by atoms with Gasteiger partial charge in [0.25, 0.3) is 0 Å². The Labute approximate surface area is 83.8 Å². The SMILES string of the molecule is NCC(O)c1cc(Br)cc(O)c1O. The van der Waals surface area contributed by atoms with E-state index in [1.165, 1.54) is 12.1 Å². The molecule has 0 radical (unpaired) electrons. The minimum absolute atomic E-state index is 0.0105. The molecule has 4 nitrogen and oxygen atoms in total. The van der Waals surface area contributed by atoms with E-state index in [1.54, 1.807) is 0 Å². The van der Waals surface area contributed by atoms with Crippen LogP contribution in [0.15, 0.2) is 16.6 Å². The average molecular weight is 248 g/mol. The van der Waals surface area contributed by atoms with Crippen molar-refractivity contribution in [3.63, 3.8) is 0 Å². The van der Waals surface area contributed by atoms with E-state index in [4.69, 9.17) is 5.73 Å². The van der Waals surface area contributed by atoms with Crippen LogP contribution in [0.25, 0.3) is 0 Å². The summed E-state index contributed by atoms with van der Waals surface area (Å²) >= 11 is 3.12. The Kier molecular flexibility index (Phi) is 3.13. The van der Waals surface area contributed by atoms with Crippen molar-refractivity contribution >= 4 is 15.9 Å². The molecule has 0 saturated carbocycles. The maximum Gasteiger partial charge on any atom is 0.163 e. The number of halogens is 1. The van der Waals surface area contributed by atoms with Gasteiger partial charge in [-0.25, -0.2) is 0 Å². The molecule has 5 heteroatoms. The van der Waals surface area contributed by atoms with Crippen molar-refractivity contribution in [2.24, 2.45) is 5.73 Å². The predicted molar refractivity (Wildman–Crippen MR) is 51.5 cm³/mol. The van der Waals surface area contributed by atoms with Gasteiger partial charge in [-0.15, -0.1) is 0 Å². The Hall–Kier alpha value is -0.780. The Morgan fingerprint density at radius 2 is 2.00 bits per heavy atom. The Morgan fingerprint density at radius 3 is 2.54 bits per heavy atom. The third kappa shape index (κ3) is 2.12. The second-order valence-electron chi connectivity index (χ2n) is 2.61. The van der Waals surface area contributed by atoms with Gasteiger partial charge >= 0.3 is 0 Å². The minimum atomic E-state index is -0.969. The molecule has 0 spiro atoms. The lowest BCUT2D eigenvalue weighted by molar-refractivity contribution is 0.181. The van der Waals surface area contributed by atoms with Crippen LogP contribution in [0.1, 0.15) is 11.7 Å². The fourth-order valence-corrected chi connectivity index (χ4v) is 1.45. The molecule has 1 rings (SSSR count). The molecule has 0 bridgehead atoms. The summed E-state index contributed by atoms with van der Waals surface area (Å²) in [5, 5.41) is 27.9. The van der Waals surface area contributed by atoms with Crippen molar-refractivity contribution in [2.45, 2.75) is 6.10 Å². The summed E-state index contributed by atoms with van der Waals surface area (Å²) in [6.45, 7) is -0.0105. The summed E-state index contributed by atoms with van der Waals surface area (Å²) in [6, 6.07) is 2.84. The lowest BCUT2D eigenvalue weighted by Gasteiger charge is -2.11. The lowest BCUT2D eigenvalue weighted by atomic mass is 10.1. The summed E-state index contributed by atoms with van der Waals surface area (Å²) in [7, 11) is 0. The third-order valence-electron chi connectivity index (χ3n) is 1.67. The Bertz CT molecular complexity index is 317. The van der Waals surface area contributed by atoms with E-state index in [0.717, 1.165) is 0 Å². The van der Waals surface area contributed by atoms with Crippen molar-refractivity contribution < 1.29 is 15.3 Å². The molecule has 1 aromatic rings. The van der Waals surface area contributed by atoms with E-state index in [-0.39, 0.29) is 23.6 Å². The van der Waals surface area contributed by atoms with Crippen LogP contribution in [-0.4, -0.2) is 21.9 Å². The van der Waals surface area contributed by atoms with Gasteiger partial charge in [0.05, 0.1) is 6.10 Å². The summed E-state index contributed by atoms with van der Waals surface area (Å²) in [5.41, 5.74) is 5.43. The zero-order chi connectivity index (χ0) is 10.0. The molecule has 0 saturated heterocycles. The van der Waals surface area contributed by atoms with Crippen LogP contribution >= 0.6 is 15.9 Å². The normalized spacial score (nSPS) is 12.8. The molecule has 0 aliphatic heterocycles. The molecule has 1 atom stereocenters. The average Bonchev–Trinajstić information content (AvgIpc) is 2.10. The standard InChI is InChI=1S/C8H10BrNO3/c9-4-1-5(7(12)3-10)8(13)6(11)2-4/h1-2,7,11-13H,3,10H2. The van der Waals surface area contributed by atoms with E-state index in [0.29, 0.717) is 4.47 Å². The van der Waals surface area contributed by atoms with E-state index < -0.39 is 6.10 Å². The van der Waals surface area contributed by atoms with E-state index in [2.05, 4.69) is 15.9 Å². The largest absolute Gasteiger partial charge is 0.504 e. The van der Waals surface area contributed by atoms with Crippen molar-refractivity contribution in [3.8, 4) is 11.5 Å². The predicted octanol–water partition coefficient (Wildman–Crippen LogP) is 0.852. The number of aliphatic hydroxyl groups is 1. The molecule has 1 unspecified atom stereocenters. The smallest absolute Gasteiger partial charge is 0.163 e. The Morgan fingerprint density at radius 1 is 1.38 bits per heavy atom. The van der Waals surface area contributed by atoms with Crippen molar-refractivity contribution in [1.29, 1.82) is 0 Å². The molecule has 0 aliphatic carbocycles. The number of phenols is 2. The molecular formula is C8H10BrNO3. The molecule has 0 aliphatic rings. The zero-order valence-electron chi connectivity index (χ0n) is 6.74. The summed E-state index contributed by atoms with van der Waals surface area (Å²) in [6.07, 6.45) is -0.969. The van der Waals surface area contributed by atoms with E-state index in [1.807, 2.05) is 0 Å². The second-order valence-corrected chi connectivity index (χ2v) is 3.53. The van der Waals surface area contributed by atoms with Gasteiger partial charge in [-0.1, -0.05) is 15.9 Å². The van der Waals surface area contributed by atoms with Crippen LogP contribution in [-0.2, 0) is 0 Å². The number of nitrogens with two attached hydrogens (primary N) is 1. The van der Waals surface area contributed by atoms with Crippen LogP contribution in [0.5, 0.6) is 11.5 Å². The molecule has 0 aromatic heterocycles. The van der Waals surface area contributed by atoms with Gasteiger partial charge in [0.15, 0.2) is 11.5 Å². The molecular weight excluding hydrogens is 238 g/mol. The molecule has 5 N–H and O–H groups in total. The van der Waals surface area contributed by atoms with E-state index in [9.17, 15) is 15.3 Å². The first-order valence-corrected chi connectivity index (χ1v) is 4.45. The monoisotopic (exact) mass is 247 g/mol. The van der Waals surface area contributed by atoms with Crippen LogP contribution in [0.2, 0.25) is 0 Å². The number of phenolic OH excluding ortho intramolecular Hbond substituents is 2. The van der Waals surface area contributed by atoms with Crippen molar-refractivity contribution in [3.05, 3.63) is 22.2 Å². The first-order valence-electron chi connectivity index (χ1n) is 3.65. The summed E-state index contributed by atoms with van der Waals surface area (Å²) in [5.74, 6) is -0.613. The zero-order valence-corrected chi connectivity index (χ0v) is 8.32. The van der Waals surface area contributed by atoms with Crippen molar-refractivity contribution in [2.75, 3.05) is 6.54 Å². The van der Waals surface area contributed by atoms with Gasteiger partial charge in [-0.3, -0.25) is 0 Å². The quantitative estimate of drug-likeness (QED) is 0.584. The van der Waals surface area contributed by atoms with E-state index >= 15 is 0 Å². The highest BCUT2D eigenvalue weighted by atomic mass is 79.9. The highest BCUT2D eigenvalue weighted by Crippen LogP contribution is 2.35. The highest BCUT2D eigenvalue weighted by Gasteiger charge is 2.14. The topological polar surface area (TPSA) is 86.7 Å². The van der Waals surface area contributed by atoms with Gasteiger partial charge in [-0.05, 0) is 12.1 Å². The number of rotatable bonds is 2. The number of aliphatic hydroxyl groups excluding tert-OH is 1. The van der Waals surface area contributed by atoms with Crippen LogP contribution in [0.4, 0.5) is 0 Å². The molecule has 1 aromatic carbocycles. The lowest BCUT2D eigenvalue weighted by Crippen LogP contribution is -2.11. The summed E-state index contributed by atoms with van der Waals surface area (Å²) < 4.78 is 0.574. The van der Waals surface area contributed by atoms with Crippen LogP contribution in [0.3, 0.4) is 0 Å². The van der Waals surface area contributed by atoms with Gasteiger partial charge in [-0.2, -0.15) is 0 Å². The first-order chi connectivity index (χ1) is 6.06. The van der Waals surface area contributed by atoms with Crippen LogP contribution < -0.4 is 5.73 Å². The van der Waals surface area contributed by atoms with Crippen molar-refractivity contribution in [1.82, 2.24) is 0 Å². The molecule has 13 heavy (non-hydrogen) atoms. The number of benzene rings is 1. The third-order valence-corrected chi connectivity index (χ3v) is 2.12. The molecule has 72 valence electrons. The molecule has 0 amide bonds. The molecule has 0 heterocycles. The fourth-order valence-electron chi connectivity index (χ4n) is 0.986. The Balaban J connectivity index is 3.20. The highest BCUT2D eigenvalue weighted by molar-refractivity contribution is 9.10. The van der Waals surface area contributed by atoms with Crippen LogP contribution in [0, 0.1) is 0 Å². The number of aromatic hydroxyl groups is 2. The second kappa shape index (κ2) is 3.95. The first kappa shape index (κ1) is 10.3. The van der Waals surface area contributed by atoms with Gasteiger partial charge < -0.3 is 21.1 Å². The summed E-state index contributed by atoms with van der Waals surface area (Å²) in [4.78, 5) is 0. The number of hydrogen-bond acceptors (Lipinski definition) is 4. The number of hydrogen-bond donors (Lipinski definition) is 4. The maximum atomic E-state index is 9.34.